The summed E-state index contributed by atoms with van der Waals surface area (Å²) in [5.41, 5.74) is 0.261. The van der Waals surface area contributed by atoms with Gasteiger partial charge in [-0.25, -0.2) is 0 Å². The van der Waals surface area contributed by atoms with Gasteiger partial charge in [0.05, 0.1) is 5.56 Å². The first-order valence-electron chi connectivity index (χ1n) is 6.68. The summed E-state index contributed by atoms with van der Waals surface area (Å²) in [6.07, 6.45) is 1.73. The van der Waals surface area contributed by atoms with Crippen LogP contribution >= 0.6 is 45.7 Å². The van der Waals surface area contributed by atoms with Gasteiger partial charge in [-0.05, 0) is 17.7 Å². The van der Waals surface area contributed by atoms with Gasteiger partial charge in [-0.15, -0.1) is 0 Å². The molecule has 2 rings (SSSR count). The normalized spacial score (nSPS) is 11.2. The van der Waals surface area contributed by atoms with Gasteiger partial charge in [0.2, 0.25) is 0 Å². The molecule has 3 nitrogen and oxygen atoms in total. The van der Waals surface area contributed by atoms with Crippen LogP contribution in [0.3, 0.4) is 0 Å². The molecule has 0 unspecified atom stereocenters. The van der Waals surface area contributed by atoms with Crippen LogP contribution in [0.15, 0.2) is 49.3 Å². The molecule has 0 bridgehead atoms. The summed E-state index contributed by atoms with van der Waals surface area (Å²) in [4.78, 5) is 0. The average Bonchev–Trinajstić information content (AvgIpc) is 2.79. The number of aryl methyl sites for hydroxylation is 1. The Labute approximate surface area is 177 Å². The monoisotopic (exact) mass is 744 g/mol. The molecule has 136 valence electrons. The zero-order chi connectivity index (χ0) is 18.3. The van der Waals surface area contributed by atoms with E-state index >= 15 is 0 Å². The van der Waals surface area contributed by atoms with Crippen molar-refractivity contribution in [2.24, 2.45) is 7.05 Å². The molecule has 1 aromatic carbocycles. The molecule has 9 heteroatoms. The van der Waals surface area contributed by atoms with E-state index in [9.17, 15) is 13.2 Å². The number of hydrogen-bond acceptors (Lipinski definition) is 1. The van der Waals surface area contributed by atoms with E-state index in [1.54, 1.807) is 0 Å². The third kappa shape index (κ3) is 7.53. The maximum Gasteiger partial charge on any atom is 0.416 e. The summed E-state index contributed by atoms with van der Waals surface area (Å²) in [6.45, 7) is 5.19. The van der Waals surface area contributed by atoms with E-state index in [0.29, 0.717) is 6.54 Å². The Hall–Kier alpha value is 0.0683. The molecule has 1 aromatic heterocycles. The van der Waals surface area contributed by atoms with E-state index in [1.165, 1.54) is 15.9 Å². The van der Waals surface area contributed by atoms with Crippen molar-refractivity contribution in [2.75, 3.05) is 0 Å². The van der Waals surface area contributed by atoms with Crippen LogP contribution in [0.2, 0.25) is 0 Å². The predicted molar refractivity (Wildman–Crippen MR) is 102 cm³/mol. The molecular weight excluding hydrogens is 728 g/mol. The van der Waals surface area contributed by atoms with Crippen LogP contribution in [0.5, 0.6) is 0 Å². The molecule has 24 heavy (non-hydrogen) atoms. The minimum atomic E-state index is -4.24. The summed E-state index contributed by atoms with van der Waals surface area (Å²) in [7, 11) is 2.03. The molecular formula is C15H16F3I2N3Pt. The average molecular weight is 744 g/mol. The first-order chi connectivity index (χ1) is 11.1. The van der Waals surface area contributed by atoms with Crippen molar-refractivity contribution >= 4 is 45.7 Å². The van der Waals surface area contributed by atoms with Crippen LogP contribution in [0.4, 0.5) is 13.2 Å². The summed E-state index contributed by atoms with van der Waals surface area (Å²) < 4.78 is 43.8. The van der Waals surface area contributed by atoms with Gasteiger partial charge in [-0.1, -0.05) is 12.1 Å². The fourth-order valence-corrected chi connectivity index (χ4v) is 3.04. The summed E-state index contributed by atoms with van der Waals surface area (Å²) in [6, 6.07) is 5.19. The second kappa shape index (κ2) is 10.3. The Morgan fingerprint density at radius 2 is 1.79 bits per heavy atom. The summed E-state index contributed by atoms with van der Waals surface area (Å²) in [5.74, 6) is 0. The van der Waals surface area contributed by atoms with Gasteiger partial charge >= 0.3 is 77.1 Å². The van der Waals surface area contributed by atoms with Crippen LogP contribution in [-0.4, -0.2) is 10.5 Å². The molecule has 0 spiro atoms. The first kappa shape index (κ1) is 22.1. The third-order valence-electron chi connectivity index (χ3n) is 2.87. The third-order valence-corrected chi connectivity index (χ3v) is 5.00. The molecule has 0 aliphatic heterocycles. The largest absolute Gasteiger partial charge is 0.416 e. The Morgan fingerprint density at radius 3 is 2.17 bits per heavy atom. The molecule has 0 aliphatic rings. The van der Waals surface area contributed by atoms with E-state index in [1.807, 2.05) is 26.8 Å². The van der Waals surface area contributed by atoms with Crippen LogP contribution < -0.4 is 0 Å². The van der Waals surface area contributed by atoms with Crippen molar-refractivity contribution < 1.29 is 32.5 Å². The molecule has 0 amide bonds. The maximum absolute atomic E-state index is 12.2. The van der Waals surface area contributed by atoms with Crippen molar-refractivity contribution in [3.05, 3.63) is 64.2 Å². The minimum Gasteiger partial charge on any atom is -0.184 e. The van der Waals surface area contributed by atoms with Crippen molar-refractivity contribution in [2.45, 2.75) is 19.3 Å². The number of allylic oxidation sites excluding steroid dienone is 1. The number of aromatic nitrogens is 2. The number of nitrogens with zero attached hydrogens (tertiary/aromatic N) is 3. The van der Waals surface area contributed by atoms with Crippen molar-refractivity contribution in [3.63, 3.8) is 0 Å². The SMILES string of the molecule is C=CCn1ccn(C)[c]1=[Pt].FC(F)(F)c1ccc(CN(I)I)cc1. The van der Waals surface area contributed by atoms with Crippen molar-refractivity contribution in [1.29, 1.82) is 0 Å². The van der Waals surface area contributed by atoms with Crippen LogP contribution in [0.25, 0.3) is 0 Å². The van der Waals surface area contributed by atoms with Gasteiger partial charge in [0.15, 0.2) is 0 Å². The molecule has 0 radical (unpaired) electrons. The smallest absolute Gasteiger partial charge is 0.184 e. The molecule has 2 aromatic rings. The first-order valence-corrected chi connectivity index (χ1v) is 9.75. The van der Waals surface area contributed by atoms with Crippen molar-refractivity contribution in [3.8, 4) is 0 Å². The fraction of sp³-hybridized carbons (Fsp3) is 0.267. The van der Waals surface area contributed by atoms with Crippen molar-refractivity contribution in [1.82, 2.24) is 10.5 Å². The summed E-state index contributed by atoms with van der Waals surface area (Å²) >= 11 is 6.42. The van der Waals surface area contributed by atoms with Crippen LogP contribution in [-0.2, 0) is 45.7 Å². The number of rotatable bonds is 4. The fourth-order valence-electron chi connectivity index (χ4n) is 1.70. The molecule has 0 N–H and O–H groups in total. The Bertz CT molecular complexity index is 706. The number of imidazole rings is 1. The van der Waals surface area contributed by atoms with Gasteiger partial charge in [0.25, 0.3) is 0 Å². The minimum absolute atomic E-state index is 0.602. The van der Waals surface area contributed by atoms with Crippen LogP contribution in [0.1, 0.15) is 11.1 Å². The number of alkyl halides is 3. The van der Waals surface area contributed by atoms with Crippen LogP contribution in [0, 0.1) is 3.80 Å². The number of halogens is 5. The molecule has 0 aliphatic carbocycles. The second-order valence-electron chi connectivity index (χ2n) is 4.75. The zero-order valence-corrected chi connectivity index (χ0v) is 19.3. The number of hydrogen-bond donors (Lipinski definition) is 0. The van der Waals surface area contributed by atoms with Gasteiger partial charge in [0, 0.05) is 52.3 Å². The van der Waals surface area contributed by atoms with E-state index < -0.39 is 11.7 Å². The van der Waals surface area contributed by atoms with Gasteiger partial charge in [-0.3, -0.25) is 0 Å². The quantitative estimate of drug-likeness (QED) is 0.236. The zero-order valence-electron chi connectivity index (χ0n) is 12.7. The molecule has 1 heterocycles. The van der Waals surface area contributed by atoms with Gasteiger partial charge in [0.1, 0.15) is 0 Å². The molecule has 0 fully saturated rings. The summed E-state index contributed by atoms with van der Waals surface area (Å²) in [5, 5.41) is 0. The van der Waals surface area contributed by atoms with Gasteiger partial charge < -0.3 is 0 Å². The topological polar surface area (TPSA) is 13.1 Å². The molecule has 0 atom stereocenters. The van der Waals surface area contributed by atoms with E-state index in [2.05, 4.69) is 80.8 Å². The molecule has 0 saturated heterocycles. The Morgan fingerprint density at radius 1 is 1.21 bits per heavy atom. The Kier molecular flexibility index (Phi) is 9.46. The molecule has 0 saturated carbocycles. The predicted octanol–water partition coefficient (Wildman–Crippen LogP) is 5.30. The van der Waals surface area contributed by atoms with E-state index in [-0.39, 0.29) is 0 Å². The second-order valence-corrected chi connectivity index (χ2v) is 9.94. The van der Waals surface area contributed by atoms with E-state index in [4.69, 9.17) is 0 Å². The van der Waals surface area contributed by atoms with E-state index in [0.717, 1.165) is 24.2 Å². The number of benzene rings is 1. The standard InChI is InChI=1S/C8H6F3I2N.C7H10N2.Pt/c9-8(10,11)7-3-1-6(2-4-7)5-14(12)13;1-3-4-9-6-5-8(2)7-9;/h1-4H,5H2;3,5-6H,1,4H2,2H3;. The van der Waals surface area contributed by atoms with Gasteiger partial charge in [-0.2, -0.15) is 14.5 Å². The Balaban J connectivity index is 0.000000254. The maximum atomic E-state index is 12.2.